The summed E-state index contributed by atoms with van der Waals surface area (Å²) in [5.74, 6) is 1.78. The first-order chi connectivity index (χ1) is 7.36. The highest BCUT2D eigenvalue weighted by Crippen LogP contribution is 2.31. The van der Waals surface area contributed by atoms with Gasteiger partial charge in [-0.2, -0.15) is 11.8 Å². The number of rotatable bonds is 4. The van der Waals surface area contributed by atoms with Crippen molar-refractivity contribution < 1.29 is 4.79 Å². The predicted octanol–water partition coefficient (Wildman–Crippen LogP) is 3.81. The Morgan fingerprint density at radius 2 is 1.53 bits per heavy atom. The maximum atomic E-state index is 11.9. The number of hydrogen-bond acceptors (Lipinski definition) is 2. The van der Waals surface area contributed by atoms with Gasteiger partial charge in [0.25, 0.3) is 0 Å². The molecule has 0 aromatic carbocycles. The van der Waals surface area contributed by atoms with Crippen molar-refractivity contribution in [3.05, 3.63) is 0 Å². The molecule has 0 radical (unpaired) electrons. The Hall–Kier alpha value is 0.0200. The van der Waals surface area contributed by atoms with Crippen molar-refractivity contribution >= 4 is 17.5 Å². The Morgan fingerprint density at radius 1 is 0.933 bits per heavy atom. The second-order valence-electron chi connectivity index (χ2n) is 5.02. The van der Waals surface area contributed by atoms with Crippen LogP contribution in [0.4, 0.5) is 0 Å². The van der Waals surface area contributed by atoms with Gasteiger partial charge in [-0.25, -0.2) is 0 Å². The topological polar surface area (TPSA) is 17.1 Å². The summed E-state index contributed by atoms with van der Waals surface area (Å²) in [4.78, 5) is 11.9. The fourth-order valence-corrected chi connectivity index (χ4v) is 4.10. The third-order valence-corrected chi connectivity index (χ3v) is 5.22. The molecule has 0 spiro atoms. The van der Waals surface area contributed by atoms with E-state index in [1.165, 1.54) is 57.8 Å². The van der Waals surface area contributed by atoms with Gasteiger partial charge in [0.15, 0.2) is 0 Å². The van der Waals surface area contributed by atoms with Crippen molar-refractivity contribution in [1.29, 1.82) is 0 Å². The molecule has 0 bridgehead atoms. The highest BCUT2D eigenvalue weighted by molar-refractivity contribution is 8.00. The summed E-state index contributed by atoms with van der Waals surface area (Å²) >= 11 is 1.94. The number of carbonyl (C=O) groups excluding carboxylic acids is 1. The van der Waals surface area contributed by atoms with Gasteiger partial charge in [0.2, 0.25) is 0 Å². The largest absolute Gasteiger partial charge is 0.298 e. The maximum Gasteiger partial charge on any atom is 0.145 e. The zero-order valence-corrected chi connectivity index (χ0v) is 10.4. The third-order valence-electron chi connectivity index (χ3n) is 3.82. The molecule has 86 valence electrons. The van der Waals surface area contributed by atoms with E-state index in [9.17, 15) is 4.79 Å². The summed E-state index contributed by atoms with van der Waals surface area (Å²) < 4.78 is 0. The van der Waals surface area contributed by atoms with Crippen LogP contribution >= 0.6 is 11.8 Å². The third kappa shape index (κ3) is 3.51. The quantitative estimate of drug-likeness (QED) is 0.725. The summed E-state index contributed by atoms with van der Waals surface area (Å²) in [5.41, 5.74) is 0. The van der Waals surface area contributed by atoms with Crippen LogP contribution in [0.2, 0.25) is 0 Å². The second kappa shape index (κ2) is 5.93. The Morgan fingerprint density at radius 3 is 2.20 bits per heavy atom. The molecular formula is C13H22OS. The molecule has 0 N–H and O–H groups in total. The SMILES string of the molecule is O=C(CSC1CCCCC1)C1CCCC1. The fourth-order valence-electron chi connectivity index (χ4n) is 2.80. The maximum absolute atomic E-state index is 11.9. The van der Waals surface area contributed by atoms with Gasteiger partial charge in [-0.1, -0.05) is 32.1 Å². The van der Waals surface area contributed by atoms with Gasteiger partial charge >= 0.3 is 0 Å². The first-order valence-electron chi connectivity index (χ1n) is 6.50. The average molecular weight is 226 g/mol. The van der Waals surface area contributed by atoms with Crippen LogP contribution in [0.25, 0.3) is 0 Å². The van der Waals surface area contributed by atoms with E-state index in [0.29, 0.717) is 11.7 Å². The Bertz CT molecular complexity index is 203. The first-order valence-corrected chi connectivity index (χ1v) is 7.55. The Labute approximate surface area is 97.4 Å². The van der Waals surface area contributed by atoms with Crippen LogP contribution in [0.3, 0.4) is 0 Å². The minimum atomic E-state index is 0.432. The molecule has 0 atom stereocenters. The molecule has 0 aromatic heterocycles. The lowest BCUT2D eigenvalue weighted by Crippen LogP contribution is -2.17. The molecule has 2 aliphatic rings. The smallest absolute Gasteiger partial charge is 0.145 e. The average Bonchev–Trinajstić information content (AvgIpc) is 2.81. The summed E-state index contributed by atoms with van der Waals surface area (Å²) in [6.07, 6.45) is 11.8. The lowest BCUT2D eigenvalue weighted by Gasteiger charge is -2.21. The lowest BCUT2D eigenvalue weighted by molar-refractivity contribution is -0.120. The van der Waals surface area contributed by atoms with Crippen LogP contribution < -0.4 is 0 Å². The number of carbonyl (C=O) groups is 1. The minimum Gasteiger partial charge on any atom is -0.298 e. The Balaban J connectivity index is 1.65. The number of thioether (sulfide) groups is 1. The van der Waals surface area contributed by atoms with E-state index in [-0.39, 0.29) is 0 Å². The summed E-state index contributed by atoms with van der Waals surface area (Å²) in [5, 5.41) is 0.795. The van der Waals surface area contributed by atoms with Crippen LogP contribution in [0.5, 0.6) is 0 Å². The predicted molar refractivity (Wildman–Crippen MR) is 66.3 cm³/mol. The van der Waals surface area contributed by atoms with E-state index in [4.69, 9.17) is 0 Å². The van der Waals surface area contributed by atoms with Gasteiger partial charge in [-0.15, -0.1) is 0 Å². The van der Waals surface area contributed by atoms with Crippen molar-refractivity contribution in [2.45, 2.75) is 63.0 Å². The monoisotopic (exact) mass is 226 g/mol. The van der Waals surface area contributed by atoms with Crippen molar-refractivity contribution in [1.82, 2.24) is 0 Å². The van der Waals surface area contributed by atoms with E-state index in [2.05, 4.69) is 0 Å². The van der Waals surface area contributed by atoms with E-state index >= 15 is 0 Å². The zero-order valence-electron chi connectivity index (χ0n) is 9.54. The van der Waals surface area contributed by atoms with Crippen LogP contribution in [-0.2, 0) is 4.79 Å². The normalized spacial score (nSPS) is 24.5. The molecule has 0 unspecified atom stereocenters. The molecule has 2 rings (SSSR count). The standard InChI is InChI=1S/C13H22OS/c14-13(11-6-4-5-7-11)10-15-12-8-2-1-3-9-12/h11-12H,1-10H2. The molecule has 0 heterocycles. The molecule has 1 nitrogen and oxygen atoms in total. The van der Waals surface area contributed by atoms with E-state index in [1.54, 1.807) is 0 Å². The molecule has 2 aliphatic carbocycles. The number of Topliss-reactive ketones (excluding diaryl/α,β-unsaturated/α-hetero) is 1. The Kier molecular flexibility index (Phi) is 4.55. The zero-order chi connectivity index (χ0) is 10.5. The van der Waals surface area contributed by atoms with Crippen molar-refractivity contribution in [2.75, 3.05) is 5.75 Å². The van der Waals surface area contributed by atoms with Gasteiger partial charge in [0.1, 0.15) is 5.78 Å². The number of hydrogen-bond donors (Lipinski definition) is 0. The molecule has 0 aliphatic heterocycles. The van der Waals surface area contributed by atoms with Gasteiger partial charge < -0.3 is 0 Å². The summed E-state index contributed by atoms with van der Waals surface area (Å²) in [6.45, 7) is 0. The summed E-state index contributed by atoms with van der Waals surface area (Å²) in [7, 11) is 0. The second-order valence-corrected chi connectivity index (χ2v) is 6.31. The van der Waals surface area contributed by atoms with E-state index < -0.39 is 0 Å². The molecule has 2 fully saturated rings. The fraction of sp³-hybridized carbons (Fsp3) is 0.923. The van der Waals surface area contributed by atoms with Crippen LogP contribution in [0.1, 0.15) is 57.8 Å². The molecule has 2 saturated carbocycles. The molecule has 15 heavy (non-hydrogen) atoms. The van der Waals surface area contributed by atoms with E-state index in [0.717, 1.165) is 11.0 Å². The molecule has 0 aromatic rings. The highest BCUT2D eigenvalue weighted by Gasteiger charge is 2.23. The highest BCUT2D eigenvalue weighted by atomic mass is 32.2. The summed E-state index contributed by atoms with van der Waals surface area (Å²) in [6, 6.07) is 0. The number of ketones is 1. The van der Waals surface area contributed by atoms with Gasteiger partial charge in [-0.3, -0.25) is 4.79 Å². The molecule has 0 amide bonds. The van der Waals surface area contributed by atoms with Crippen molar-refractivity contribution in [2.24, 2.45) is 5.92 Å². The van der Waals surface area contributed by atoms with Gasteiger partial charge in [-0.05, 0) is 25.7 Å². The van der Waals surface area contributed by atoms with E-state index in [1.807, 2.05) is 11.8 Å². The molecule has 2 heteroatoms. The van der Waals surface area contributed by atoms with Crippen LogP contribution in [-0.4, -0.2) is 16.8 Å². The molecule has 0 saturated heterocycles. The molecular weight excluding hydrogens is 204 g/mol. The lowest BCUT2D eigenvalue weighted by atomic mass is 10.0. The van der Waals surface area contributed by atoms with Crippen LogP contribution in [0.15, 0.2) is 0 Å². The van der Waals surface area contributed by atoms with Gasteiger partial charge in [0.05, 0.1) is 5.75 Å². The minimum absolute atomic E-state index is 0.432. The van der Waals surface area contributed by atoms with Crippen molar-refractivity contribution in [3.8, 4) is 0 Å². The first kappa shape index (κ1) is 11.5. The van der Waals surface area contributed by atoms with Crippen molar-refractivity contribution in [3.63, 3.8) is 0 Å². The van der Waals surface area contributed by atoms with Gasteiger partial charge in [0, 0.05) is 11.2 Å². The van der Waals surface area contributed by atoms with Crippen LogP contribution in [0, 0.1) is 5.92 Å².